The van der Waals surface area contributed by atoms with Crippen LogP contribution in [0.4, 0.5) is 0 Å². The van der Waals surface area contributed by atoms with Crippen molar-refractivity contribution in [2.24, 2.45) is 5.73 Å². The standard InChI is InChI=1S/C25H19ClN2O3/c1-2-15-7-9-16(10-8-15)23-19-12-11-17(13-22(19)31-24(28)20(23)14-27)30-25(29)18-5-3-4-6-21(18)26/h3-13,23H,2,28H2,1H3. The summed E-state index contributed by atoms with van der Waals surface area (Å²) in [4.78, 5) is 12.5. The van der Waals surface area contributed by atoms with Gasteiger partial charge in [0, 0.05) is 11.6 Å². The highest BCUT2D eigenvalue weighted by molar-refractivity contribution is 6.33. The molecule has 3 aromatic rings. The Morgan fingerprint density at radius 3 is 2.58 bits per heavy atom. The number of esters is 1. The van der Waals surface area contributed by atoms with E-state index in [1.54, 1.807) is 42.5 Å². The highest BCUT2D eigenvalue weighted by atomic mass is 35.5. The van der Waals surface area contributed by atoms with E-state index in [9.17, 15) is 10.1 Å². The third-order valence-corrected chi connectivity index (χ3v) is 5.55. The number of ether oxygens (including phenoxy) is 2. The van der Waals surface area contributed by atoms with Crippen molar-refractivity contribution in [3.8, 4) is 17.6 Å². The minimum absolute atomic E-state index is 0.0362. The lowest BCUT2D eigenvalue weighted by atomic mass is 9.83. The Balaban J connectivity index is 1.69. The van der Waals surface area contributed by atoms with Crippen molar-refractivity contribution in [3.63, 3.8) is 0 Å². The van der Waals surface area contributed by atoms with Gasteiger partial charge >= 0.3 is 5.97 Å². The summed E-state index contributed by atoms with van der Waals surface area (Å²) in [5, 5.41) is 10.0. The number of rotatable bonds is 4. The Kier molecular flexibility index (Phi) is 5.66. The van der Waals surface area contributed by atoms with Crippen LogP contribution in [0.5, 0.6) is 11.5 Å². The fraction of sp³-hybridized carbons (Fsp3) is 0.120. The van der Waals surface area contributed by atoms with Crippen molar-refractivity contribution in [3.05, 3.63) is 105 Å². The molecule has 3 aromatic carbocycles. The number of nitriles is 1. The van der Waals surface area contributed by atoms with E-state index in [1.165, 1.54) is 5.56 Å². The summed E-state index contributed by atoms with van der Waals surface area (Å²) in [6, 6.07) is 21.9. The highest BCUT2D eigenvalue weighted by Gasteiger charge is 2.31. The number of carbonyl (C=O) groups excluding carboxylic acids is 1. The van der Waals surface area contributed by atoms with E-state index in [-0.39, 0.29) is 23.1 Å². The van der Waals surface area contributed by atoms with Gasteiger partial charge < -0.3 is 15.2 Å². The minimum atomic E-state index is -0.575. The summed E-state index contributed by atoms with van der Waals surface area (Å²) in [6.07, 6.45) is 0.924. The van der Waals surface area contributed by atoms with Crippen LogP contribution in [0.15, 0.2) is 78.2 Å². The molecule has 0 aliphatic carbocycles. The Morgan fingerprint density at radius 2 is 1.90 bits per heavy atom. The lowest BCUT2D eigenvalue weighted by Gasteiger charge is -2.26. The summed E-state index contributed by atoms with van der Waals surface area (Å²) >= 11 is 6.08. The van der Waals surface area contributed by atoms with Crippen molar-refractivity contribution < 1.29 is 14.3 Å². The molecule has 2 N–H and O–H groups in total. The number of aryl methyl sites for hydroxylation is 1. The Labute approximate surface area is 185 Å². The van der Waals surface area contributed by atoms with Crippen LogP contribution in [0.25, 0.3) is 0 Å². The van der Waals surface area contributed by atoms with Crippen LogP contribution in [0, 0.1) is 11.3 Å². The second-order valence-electron chi connectivity index (χ2n) is 7.09. The summed E-state index contributed by atoms with van der Waals surface area (Å²) in [5.74, 6) is -0.182. The second-order valence-corrected chi connectivity index (χ2v) is 7.50. The van der Waals surface area contributed by atoms with E-state index >= 15 is 0 Å². The molecular formula is C25H19ClN2O3. The number of fused-ring (bicyclic) bond motifs is 1. The molecule has 0 spiro atoms. The van der Waals surface area contributed by atoms with E-state index < -0.39 is 5.97 Å². The monoisotopic (exact) mass is 430 g/mol. The fourth-order valence-electron chi connectivity index (χ4n) is 3.58. The normalized spacial score (nSPS) is 14.9. The number of hydrogen-bond acceptors (Lipinski definition) is 5. The number of nitrogens with two attached hydrogens (primary N) is 1. The van der Waals surface area contributed by atoms with Gasteiger partial charge in [0.25, 0.3) is 0 Å². The van der Waals surface area contributed by atoms with Crippen LogP contribution in [-0.4, -0.2) is 5.97 Å². The van der Waals surface area contributed by atoms with Gasteiger partial charge in [-0.2, -0.15) is 5.26 Å². The number of halogens is 1. The Hall–Kier alpha value is -3.75. The van der Waals surface area contributed by atoms with Gasteiger partial charge in [0.05, 0.1) is 16.5 Å². The molecule has 0 saturated carbocycles. The van der Waals surface area contributed by atoms with Crippen molar-refractivity contribution in [1.29, 1.82) is 5.26 Å². The Morgan fingerprint density at radius 1 is 1.16 bits per heavy atom. The largest absolute Gasteiger partial charge is 0.440 e. The average Bonchev–Trinajstić information content (AvgIpc) is 2.78. The molecule has 1 unspecified atom stereocenters. The summed E-state index contributed by atoms with van der Waals surface area (Å²) in [6.45, 7) is 2.09. The van der Waals surface area contributed by atoms with Gasteiger partial charge in [-0.15, -0.1) is 0 Å². The first-order chi connectivity index (χ1) is 15.0. The first kappa shape index (κ1) is 20.5. The topological polar surface area (TPSA) is 85.3 Å². The van der Waals surface area contributed by atoms with Gasteiger partial charge in [-0.25, -0.2) is 4.79 Å². The zero-order valence-electron chi connectivity index (χ0n) is 16.8. The van der Waals surface area contributed by atoms with Gasteiger partial charge in [-0.3, -0.25) is 0 Å². The molecule has 0 bridgehead atoms. The van der Waals surface area contributed by atoms with Crippen LogP contribution in [-0.2, 0) is 6.42 Å². The summed E-state index contributed by atoms with van der Waals surface area (Å²) in [5.41, 5.74) is 9.58. The van der Waals surface area contributed by atoms with Crippen molar-refractivity contribution in [2.75, 3.05) is 0 Å². The molecule has 5 nitrogen and oxygen atoms in total. The lowest BCUT2D eigenvalue weighted by Crippen LogP contribution is -2.21. The number of hydrogen-bond donors (Lipinski definition) is 1. The van der Waals surface area contributed by atoms with Crippen LogP contribution in [0.3, 0.4) is 0 Å². The molecule has 0 amide bonds. The first-order valence-electron chi connectivity index (χ1n) is 9.79. The molecule has 1 heterocycles. The van der Waals surface area contributed by atoms with E-state index in [0.29, 0.717) is 16.3 Å². The molecule has 0 saturated heterocycles. The average molecular weight is 431 g/mol. The molecule has 31 heavy (non-hydrogen) atoms. The highest BCUT2D eigenvalue weighted by Crippen LogP contribution is 2.43. The smallest absolute Gasteiger partial charge is 0.345 e. The van der Waals surface area contributed by atoms with E-state index in [2.05, 4.69) is 13.0 Å². The number of carbonyl (C=O) groups is 1. The van der Waals surface area contributed by atoms with Crippen LogP contribution < -0.4 is 15.2 Å². The quantitative estimate of drug-likeness (QED) is 0.446. The molecule has 1 aliphatic heterocycles. The Bertz CT molecular complexity index is 1230. The van der Waals surface area contributed by atoms with Gasteiger partial charge in [-0.1, -0.05) is 61.0 Å². The predicted molar refractivity (Wildman–Crippen MR) is 118 cm³/mol. The summed E-state index contributed by atoms with van der Waals surface area (Å²) in [7, 11) is 0. The zero-order chi connectivity index (χ0) is 22.0. The van der Waals surface area contributed by atoms with Gasteiger partial charge in [0.1, 0.15) is 23.1 Å². The van der Waals surface area contributed by atoms with E-state index in [0.717, 1.165) is 17.5 Å². The van der Waals surface area contributed by atoms with Gasteiger partial charge in [0.15, 0.2) is 0 Å². The van der Waals surface area contributed by atoms with Crippen molar-refractivity contribution in [2.45, 2.75) is 19.3 Å². The molecule has 4 rings (SSSR count). The maximum absolute atomic E-state index is 12.5. The molecule has 1 atom stereocenters. The zero-order valence-corrected chi connectivity index (χ0v) is 17.5. The minimum Gasteiger partial charge on any atom is -0.440 e. The third kappa shape index (κ3) is 3.98. The third-order valence-electron chi connectivity index (χ3n) is 5.22. The predicted octanol–water partition coefficient (Wildman–Crippen LogP) is 5.34. The van der Waals surface area contributed by atoms with Gasteiger partial charge in [0.2, 0.25) is 5.88 Å². The summed E-state index contributed by atoms with van der Waals surface area (Å²) < 4.78 is 11.2. The van der Waals surface area contributed by atoms with Crippen LogP contribution in [0.1, 0.15) is 39.9 Å². The number of nitrogens with zero attached hydrogens (tertiary/aromatic N) is 1. The molecule has 0 fully saturated rings. The molecule has 0 radical (unpaired) electrons. The SMILES string of the molecule is CCc1ccc(C2C(C#N)=C(N)Oc3cc(OC(=O)c4ccccc4Cl)ccc32)cc1. The molecule has 1 aliphatic rings. The maximum atomic E-state index is 12.5. The van der Waals surface area contributed by atoms with Crippen molar-refractivity contribution in [1.82, 2.24) is 0 Å². The molecule has 154 valence electrons. The fourth-order valence-corrected chi connectivity index (χ4v) is 3.79. The lowest BCUT2D eigenvalue weighted by molar-refractivity contribution is 0.0734. The second kappa shape index (κ2) is 8.55. The number of benzene rings is 3. The van der Waals surface area contributed by atoms with Crippen LogP contribution >= 0.6 is 11.6 Å². The molecule has 6 heteroatoms. The molecule has 0 aromatic heterocycles. The number of allylic oxidation sites excluding steroid dienone is 1. The van der Waals surface area contributed by atoms with E-state index in [1.807, 2.05) is 24.3 Å². The van der Waals surface area contributed by atoms with Gasteiger partial charge in [-0.05, 0) is 35.7 Å². The van der Waals surface area contributed by atoms with Crippen LogP contribution in [0.2, 0.25) is 5.02 Å². The maximum Gasteiger partial charge on any atom is 0.345 e. The first-order valence-corrected chi connectivity index (χ1v) is 10.2. The van der Waals surface area contributed by atoms with Crippen molar-refractivity contribution >= 4 is 17.6 Å². The molecular weight excluding hydrogens is 412 g/mol. The van der Waals surface area contributed by atoms with E-state index in [4.69, 9.17) is 26.8 Å².